The highest BCUT2D eigenvalue weighted by molar-refractivity contribution is 9.10. The smallest absolute Gasteiger partial charge is 0.0345 e. The Morgan fingerprint density at radius 1 is 1.05 bits per heavy atom. The van der Waals surface area contributed by atoms with E-state index in [0.29, 0.717) is 6.04 Å². The van der Waals surface area contributed by atoms with Gasteiger partial charge in [-0.1, -0.05) is 45.8 Å². The molecule has 1 nitrogen and oxygen atoms in total. The summed E-state index contributed by atoms with van der Waals surface area (Å²) < 4.78 is 1.18. The Kier molecular flexibility index (Phi) is 3.84. The van der Waals surface area contributed by atoms with Crippen molar-refractivity contribution in [2.45, 2.75) is 38.6 Å². The van der Waals surface area contributed by atoms with E-state index >= 15 is 0 Å². The van der Waals surface area contributed by atoms with Crippen molar-refractivity contribution in [3.8, 4) is 0 Å². The fourth-order valence-corrected chi connectivity index (χ4v) is 3.15. The van der Waals surface area contributed by atoms with Crippen LogP contribution in [-0.2, 0) is 0 Å². The number of hydrogen-bond acceptors (Lipinski definition) is 1. The highest BCUT2D eigenvalue weighted by Crippen LogP contribution is 2.38. The molecular weight excluding hydrogens is 310 g/mol. The van der Waals surface area contributed by atoms with Crippen LogP contribution in [0.15, 0.2) is 46.9 Å². The van der Waals surface area contributed by atoms with E-state index in [2.05, 4.69) is 77.6 Å². The molecule has 104 valence electrons. The zero-order valence-electron chi connectivity index (χ0n) is 12.0. The molecule has 1 N–H and O–H groups in total. The summed E-state index contributed by atoms with van der Waals surface area (Å²) in [5, 5.41) is 3.64. The van der Waals surface area contributed by atoms with Gasteiger partial charge in [0, 0.05) is 16.2 Å². The van der Waals surface area contributed by atoms with Crippen LogP contribution in [-0.4, -0.2) is 6.04 Å². The molecule has 0 aliphatic heterocycles. The molecular formula is C18H20BrN. The van der Waals surface area contributed by atoms with E-state index in [4.69, 9.17) is 0 Å². The molecule has 20 heavy (non-hydrogen) atoms. The van der Waals surface area contributed by atoms with Gasteiger partial charge >= 0.3 is 0 Å². The average Bonchev–Trinajstić information content (AvgIpc) is 2.37. The van der Waals surface area contributed by atoms with Crippen molar-refractivity contribution in [1.29, 1.82) is 0 Å². The van der Waals surface area contributed by atoms with E-state index in [0.717, 1.165) is 5.92 Å². The third-order valence-electron chi connectivity index (χ3n) is 4.18. The standard InChI is InChI=1S/C18H20BrN/c1-12-4-3-5-14(8-12)15-10-17(11-15)20-16-6-7-18(19)13(2)9-16/h3-9,15,17,20H,10-11H2,1-2H3. The molecule has 1 aliphatic rings. The molecule has 1 fully saturated rings. The van der Waals surface area contributed by atoms with E-state index in [1.165, 1.54) is 39.7 Å². The van der Waals surface area contributed by atoms with Crippen molar-refractivity contribution >= 4 is 21.6 Å². The van der Waals surface area contributed by atoms with Crippen LogP contribution in [0.1, 0.15) is 35.4 Å². The number of anilines is 1. The van der Waals surface area contributed by atoms with E-state index < -0.39 is 0 Å². The van der Waals surface area contributed by atoms with Gasteiger partial charge in [0.25, 0.3) is 0 Å². The Bertz CT molecular complexity index is 615. The molecule has 0 spiro atoms. The van der Waals surface area contributed by atoms with Gasteiger partial charge in [0.05, 0.1) is 0 Å². The summed E-state index contributed by atoms with van der Waals surface area (Å²) in [5.74, 6) is 0.726. The first-order valence-corrected chi connectivity index (χ1v) is 8.00. The number of halogens is 1. The third kappa shape index (κ3) is 2.90. The van der Waals surface area contributed by atoms with Crippen molar-refractivity contribution in [2.75, 3.05) is 5.32 Å². The molecule has 0 amide bonds. The van der Waals surface area contributed by atoms with Gasteiger partial charge < -0.3 is 5.32 Å². The molecule has 2 aromatic rings. The van der Waals surface area contributed by atoms with Crippen molar-refractivity contribution in [3.63, 3.8) is 0 Å². The zero-order valence-corrected chi connectivity index (χ0v) is 13.6. The lowest BCUT2D eigenvalue weighted by Gasteiger charge is -2.37. The van der Waals surface area contributed by atoms with Gasteiger partial charge in [-0.25, -0.2) is 0 Å². The number of aryl methyl sites for hydroxylation is 2. The Morgan fingerprint density at radius 3 is 2.55 bits per heavy atom. The first-order chi connectivity index (χ1) is 9.61. The second-order valence-electron chi connectivity index (χ2n) is 5.89. The lowest BCUT2D eigenvalue weighted by molar-refractivity contribution is 0.374. The monoisotopic (exact) mass is 329 g/mol. The fourth-order valence-electron chi connectivity index (χ4n) is 2.90. The van der Waals surface area contributed by atoms with E-state index in [1.807, 2.05) is 0 Å². The lowest BCUT2D eigenvalue weighted by atomic mass is 9.75. The number of rotatable bonds is 3. The molecule has 0 atom stereocenters. The summed E-state index contributed by atoms with van der Waals surface area (Å²) in [4.78, 5) is 0. The van der Waals surface area contributed by atoms with Crippen molar-refractivity contribution < 1.29 is 0 Å². The van der Waals surface area contributed by atoms with Gasteiger partial charge in [0.1, 0.15) is 0 Å². The minimum atomic E-state index is 0.612. The lowest BCUT2D eigenvalue weighted by Crippen LogP contribution is -2.34. The molecule has 0 radical (unpaired) electrons. The van der Waals surface area contributed by atoms with Crippen LogP contribution in [0.2, 0.25) is 0 Å². The van der Waals surface area contributed by atoms with Crippen LogP contribution in [0.4, 0.5) is 5.69 Å². The topological polar surface area (TPSA) is 12.0 Å². The van der Waals surface area contributed by atoms with Crippen LogP contribution in [0, 0.1) is 13.8 Å². The Labute approximate surface area is 129 Å². The van der Waals surface area contributed by atoms with E-state index in [9.17, 15) is 0 Å². The van der Waals surface area contributed by atoms with Crippen molar-refractivity contribution in [1.82, 2.24) is 0 Å². The molecule has 3 rings (SSSR count). The van der Waals surface area contributed by atoms with Gasteiger partial charge in [-0.2, -0.15) is 0 Å². The van der Waals surface area contributed by atoms with Gasteiger partial charge in [-0.05, 0) is 61.9 Å². The molecule has 0 aromatic heterocycles. The normalized spacial score (nSPS) is 21.4. The summed E-state index contributed by atoms with van der Waals surface area (Å²) in [5.41, 5.74) is 5.38. The third-order valence-corrected chi connectivity index (χ3v) is 5.07. The molecule has 2 aromatic carbocycles. The molecule has 0 bridgehead atoms. The molecule has 1 aliphatic carbocycles. The van der Waals surface area contributed by atoms with E-state index in [-0.39, 0.29) is 0 Å². The van der Waals surface area contributed by atoms with Crippen molar-refractivity contribution in [2.24, 2.45) is 0 Å². The van der Waals surface area contributed by atoms with Crippen LogP contribution in [0.25, 0.3) is 0 Å². The summed E-state index contributed by atoms with van der Waals surface area (Å²) in [6, 6.07) is 16.0. The van der Waals surface area contributed by atoms with Crippen LogP contribution >= 0.6 is 15.9 Å². The van der Waals surface area contributed by atoms with E-state index in [1.54, 1.807) is 0 Å². The molecule has 0 unspecified atom stereocenters. The summed E-state index contributed by atoms with van der Waals surface area (Å²) >= 11 is 3.55. The molecule has 2 heteroatoms. The summed E-state index contributed by atoms with van der Waals surface area (Å²) in [6.45, 7) is 4.30. The minimum Gasteiger partial charge on any atom is -0.382 e. The highest BCUT2D eigenvalue weighted by Gasteiger charge is 2.30. The minimum absolute atomic E-state index is 0.612. The van der Waals surface area contributed by atoms with Gasteiger partial charge in [-0.15, -0.1) is 0 Å². The Morgan fingerprint density at radius 2 is 1.85 bits per heavy atom. The van der Waals surface area contributed by atoms with Gasteiger partial charge in [0.2, 0.25) is 0 Å². The first kappa shape index (κ1) is 13.7. The highest BCUT2D eigenvalue weighted by atomic mass is 79.9. The number of nitrogens with one attached hydrogen (secondary N) is 1. The Balaban J connectivity index is 1.59. The second kappa shape index (κ2) is 5.61. The quantitative estimate of drug-likeness (QED) is 0.792. The van der Waals surface area contributed by atoms with Crippen molar-refractivity contribution in [3.05, 3.63) is 63.6 Å². The number of benzene rings is 2. The van der Waals surface area contributed by atoms with Crippen LogP contribution in [0.3, 0.4) is 0 Å². The maximum absolute atomic E-state index is 3.64. The maximum atomic E-state index is 3.64. The average molecular weight is 330 g/mol. The molecule has 0 heterocycles. The predicted octanol–water partition coefficient (Wildman–Crippen LogP) is 5.42. The Hall–Kier alpha value is -1.28. The van der Waals surface area contributed by atoms with Gasteiger partial charge in [-0.3, -0.25) is 0 Å². The zero-order chi connectivity index (χ0) is 14.1. The molecule has 1 saturated carbocycles. The molecule has 0 saturated heterocycles. The predicted molar refractivity (Wildman–Crippen MR) is 89.4 cm³/mol. The first-order valence-electron chi connectivity index (χ1n) is 7.21. The number of hydrogen-bond donors (Lipinski definition) is 1. The summed E-state index contributed by atoms with van der Waals surface area (Å²) in [6.07, 6.45) is 2.47. The maximum Gasteiger partial charge on any atom is 0.0345 e. The SMILES string of the molecule is Cc1cccc(C2CC(Nc3ccc(Br)c(C)c3)C2)c1. The van der Waals surface area contributed by atoms with Crippen LogP contribution < -0.4 is 5.32 Å². The summed E-state index contributed by atoms with van der Waals surface area (Å²) in [7, 11) is 0. The largest absolute Gasteiger partial charge is 0.382 e. The van der Waals surface area contributed by atoms with Crippen LogP contribution in [0.5, 0.6) is 0 Å². The second-order valence-corrected chi connectivity index (χ2v) is 6.74. The fraction of sp³-hybridized carbons (Fsp3) is 0.333. The van der Waals surface area contributed by atoms with Gasteiger partial charge in [0.15, 0.2) is 0 Å².